The first-order valence-electron chi connectivity index (χ1n) is 7.98. The van der Waals surface area contributed by atoms with Gasteiger partial charge in [-0.2, -0.15) is 0 Å². The number of carbonyl (C=O) groups excluding carboxylic acids is 1. The predicted molar refractivity (Wildman–Crippen MR) is 84.1 cm³/mol. The minimum atomic E-state index is -0.237. The molecule has 0 bridgehead atoms. The van der Waals surface area contributed by atoms with Gasteiger partial charge in [-0.05, 0) is 55.7 Å². The molecule has 2 rings (SSSR count). The summed E-state index contributed by atoms with van der Waals surface area (Å²) in [6.45, 7) is 4.11. The summed E-state index contributed by atoms with van der Waals surface area (Å²) in [5.41, 5.74) is 1.61. The number of benzene rings is 1. The van der Waals surface area contributed by atoms with Crippen molar-refractivity contribution in [3.05, 3.63) is 35.1 Å². The van der Waals surface area contributed by atoms with E-state index in [0.717, 1.165) is 30.4 Å². The zero-order valence-corrected chi connectivity index (χ0v) is 13.2. The van der Waals surface area contributed by atoms with Crippen molar-refractivity contribution < 1.29 is 14.3 Å². The van der Waals surface area contributed by atoms with Crippen LogP contribution in [0, 0.1) is 11.7 Å². The average Bonchev–Trinajstić information content (AvgIpc) is 2.48. The molecule has 1 aromatic carbocycles. The quantitative estimate of drug-likeness (QED) is 0.783. The van der Waals surface area contributed by atoms with Gasteiger partial charge < -0.3 is 15.7 Å². The molecule has 3 unspecified atom stereocenters. The van der Waals surface area contributed by atoms with Crippen LogP contribution in [-0.4, -0.2) is 23.8 Å². The second-order valence-corrected chi connectivity index (χ2v) is 6.19. The van der Waals surface area contributed by atoms with E-state index in [9.17, 15) is 9.18 Å². The molecular formula is C17H25FN2O2. The zero-order valence-electron chi connectivity index (χ0n) is 13.2. The van der Waals surface area contributed by atoms with E-state index in [0.29, 0.717) is 6.42 Å². The molecule has 3 atom stereocenters. The lowest BCUT2D eigenvalue weighted by atomic mass is 9.80. The standard InChI is InChI=1S/C17H25FN2O2/c1-11-8-9-13-14(6-3-7-15(13)18)16(11)20-17(22)19-12(2)5-4-10-21/h3,6-7,11-12,16,21H,4-5,8-10H2,1-2H3,(H2,19,20,22). The van der Waals surface area contributed by atoms with Crippen LogP contribution in [0.2, 0.25) is 0 Å². The maximum atomic E-state index is 13.9. The van der Waals surface area contributed by atoms with Crippen molar-refractivity contribution in [2.45, 2.75) is 51.6 Å². The molecule has 22 heavy (non-hydrogen) atoms. The molecule has 4 nitrogen and oxygen atoms in total. The van der Waals surface area contributed by atoms with Gasteiger partial charge in [0.1, 0.15) is 5.82 Å². The molecule has 0 radical (unpaired) electrons. The van der Waals surface area contributed by atoms with Gasteiger partial charge in [0.25, 0.3) is 0 Å². The second-order valence-electron chi connectivity index (χ2n) is 6.19. The van der Waals surface area contributed by atoms with Gasteiger partial charge in [0.2, 0.25) is 0 Å². The Balaban J connectivity index is 2.03. The minimum Gasteiger partial charge on any atom is -0.396 e. The molecule has 0 saturated heterocycles. The first-order chi connectivity index (χ1) is 10.5. The van der Waals surface area contributed by atoms with Crippen molar-refractivity contribution in [2.75, 3.05) is 6.61 Å². The average molecular weight is 308 g/mol. The topological polar surface area (TPSA) is 61.4 Å². The lowest BCUT2D eigenvalue weighted by Gasteiger charge is -2.32. The van der Waals surface area contributed by atoms with Crippen LogP contribution < -0.4 is 10.6 Å². The number of hydrogen-bond acceptors (Lipinski definition) is 2. The highest BCUT2D eigenvalue weighted by Crippen LogP contribution is 2.35. The summed E-state index contributed by atoms with van der Waals surface area (Å²) in [5, 5.41) is 14.7. The molecule has 5 heteroatoms. The summed E-state index contributed by atoms with van der Waals surface area (Å²) in [6.07, 6.45) is 2.97. The third-order valence-corrected chi connectivity index (χ3v) is 4.37. The summed E-state index contributed by atoms with van der Waals surface area (Å²) in [5.74, 6) is 0.0840. The van der Waals surface area contributed by atoms with Crippen LogP contribution in [0.15, 0.2) is 18.2 Å². The maximum Gasteiger partial charge on any atom is 0.315 e. The van der Waals surface area contributed by atoms with E-state index in [1.54, 1.807) is 6.07 Å². The van der Waals surface area contributed by atoms with E-state index in [-0.39, 0.29) is 36.5 Å². The number of rotatable bonds is 5. The number of halogens is 1. The number of urea groups is 1. The molecule has 2 amide bonds. The largest absolute Gasteiger partial charge is 0.396 e. The van der Waals surface area contributed by atoms with Crippen molar-refractivity contribution in [1.82, 2.24) is 10.6 Å². The molecule has 0 aromatic heterocycles. The van der Waals surface area contributed by atoms with Crippen molar-refractivity contribution in [2.24, 2.45) is 5.92 Å². The molecule has 122 valence electrons. The lowest BCUT2D eigenvalue weighted by Crippen LogP contribution is -2.45. The highest BCUT2D eigenvalue weighted by Gasteiger charge is 2.29. The summed E-state index contributed by atoms with van der Waals surface area (Å²) >= 11 is 0. The Morgan fingerprint density at radius 3 is 3.00 bits per heavy atom. The minimum absolute atomic E-state index is 0.00183. The Morgan fingerprint density at radius 1 is 1.50 bits per heavy atom. The second kappa shape index (κ2) is 7.58. The van der Waals surface area contributed by atoms with E-state index < -0.39 is 0 Å². The molecule has 0 aliphatic heterocycles. The predicted octanol–water partition coefficient (Wildman–Crippen LogP) is 2.91. The molecule has 1 aromatic rings. The first kappa shape index (κ1) is 16.7. The Bertz CT molecular complexity index is 521. The van der Waals surface area contributed by atoms with Crippen LogP contribution >= 0.6 is 0 Å². The Labute approximate surface area is 131 Å². The number of amides is 2. The molecule has 0 fully saturated rings. The zero-order chi connectivity index (χ0) is 16.1. The van der Waals surface area contributed by atoms with Gasteiger partial charge in [-0.25, -0.2) is 9.18 Å². The Hall–Kier alpha value is -1.62. The lowest BCUT2D eigenvalue weighted by molar-refractivity contribution is 0.223. The summed E-state index contributed by atoms with van der Waals surface area (Å²) < 4.78 is 13.9. The number of carbonyl (C=O) groups is 1. The van der Waals surface area contributed by atoms with Crippen LogP contribution in [0.4, 0.5) is 9.18 Å². The van der Waals surface area contributed by atoms with Crippen LogP contribution in [0.1, 0.15) is 50.3 Å². The number of fused-ring (bicyclic) bond motifs is 1. The number of hydrogen-bond donors (Lipinski definition) is 3. The van der Waals surface area contributed by atoms with E-state index in [1.165, 1.54) is 6.07 Å². The normalized spacial score (nSPS) is 21.8. The van der Waals surface area contributed by atoms with E-state index in [4.69, 9.17) is 5.11 Å². The molecule has 1 aliphatic carbocycles. The van der Waals surface area contributed by atoms with Gasteiger partial charge >= 0.3 is 6.03 Å². The maximum absolute atomic E-state index is 13.9. The summed E-state index contributed by atoms with van der Waals surface area (Å²) in [6, 6.07) is 4.67. The number of aliphatic hydroxyl groups excluding tert-OH is 1. The molecular weight excluding hydrogens is 283 g/mol. The van der Waals surface area contributed by atoms with Gasteiger partial charge in [0.05, 0.1) is 6.04 Å². The fraction of sp³-hybridized carbons (Fsp3) is 0.588. The number of aliphatic hydroxyl groups is 1. The van der Waals surface area contributed by atoms with Gasteiger partial charge in [-0.15, -0.1) is 0 Å². The van der Waals surface area contributed by atoms with Crippen molar-refractivity contribution in [1.29, 1.82) is 0 Å². The fourth-order valence-electron chi connectivity index (χ4n) is 3.07. The van der Waals surface area contributed by atoms with Gasteiger partial charge in [0, 0.05) is 12.6 Å². The first-order valence-corrected chi connectivity index (χ1v) is 7.98. The van der Waals surface area contributed by atoms with Crippen LogP contribution in [0.5, 0.6) is 0 Å². The molecule has 0 spiro atoms. The Morgan fingerprint density at radius 2 is 2.27 bits per heavy atom. The van der Waals surface area contributed by atoms with Gasteiger partial charge in [-0.3, -0.25) is 0 Å². The van der Waals surface area contributed by atoms with E-state index in [2.05, 4.69) is 17.6 Å². The smallest absolute Gasteiger partial charge is 0.315 e. The van der Waals surface area contributed by atoms with Gasteiger partial charge in [-0.1, -0.05) is 19.1 Å². The summed E-state index contributed by atoms with van der Waals surface area (Å²) in [7, 11) is 0. The molecule has 1 aliphatic rings. The van der Waals surface area contributed by atoms with Gasteiger partial charge in [0.15, 0.2) is 0 Å². The molecule has 0 saturated carbocycles. The van der Waals surface area contributed by atoms with E-state index >= 15 is 0 Å². The highest BCUT2D eigenvalue weighted by molar-refractivity contribution is 5.75. The SMILES string of the molecule is CC(CCCO)NC(=O)NC1c2cccc(F)c2CCC1C. The van der Waals surface area contributed by atoms with E-state index in [1.807, 2.05) is 13.0 Å². The third kappa shape index (κ3) is 3.97. The fourth-order valence-corrected chi connectivity index (χ4v) is 3.07. The molecule has 3 N–H and O–H groups in total. The van der Waals surface area contributed by atoms with Crippen LogP contribution in [-0.2, 0) is 6.42 Å². The van der Waals surface area contributed by atoms with Crippen molar-refractivity contribution in [3.8, 4) is 0 Å². The van der Waals surface area contributed by atoms with Crippen LogP contribution in [0.3, 0.4) is 0 Å². The summed E-state index contributed by atoms with van der Waals surface area (Å²) in [4.78, 5) is 12.1. The van der Waals surface area contributed by atoms with Crippen LogP contribution in [0.25, 0.3) is 0 Å². The van der Waals surface area contributed by atoms with Crippen molar-refractivity contribution in [3.63, 3.8) is 0 Å². The monoisotopic (exact) mass is 308 g/mol. The van der Waals surface area contributed by atoms with Crippen molar-refractivity contribution >= 4 is 6.03 Å². The Kier molecular flexibility index (Phi) is 5.77. The third-order valence-electron chi connectivity index (χ3n) is 4.37. The molecule has 0 heterocycles. The number of nitrogens with one attached hydrogen (secondary N) is 2. The highest BCUT2D eigenvalue weighted by atomic mass is 19.1.